The van der Waals surface area contributed by atoms with Crippen molar-refractivity contribution in [1.29, 1.82) is 0 Å². The molecule has 2 N–H and O–H groups in total. The van der Waals surface area contributed by atoms with Crippen molar-refractivity contribution in [2.24, 2.45) is 11.3 Å². The first-order valence-electron chi connectivity index (χ1n) is 7.10. The molecule has 0 amide bonds. The molecule has 0 bridgehead atoms. The van der Waals surface area contributed by atoms with Gasteiger partial charge in [-0.25, -0.2) is 0 Å². The fourth-order valence-electron chi connectivity index (χ4n) is 3.76. The molecule has 1 fully saturated rings. The normalized spacial score (nSPS) is 29.2. The van der Waals surface area contributed by atoms with Crippen molar-refractivity contribution in [3.63, 3.8) is 0 Å². The smallest absolute Gasteiger partial charge is 0.0826 e. The van der Waals surface area contributed by atoms with Gasteiger partial charge in [0.1, 0.15) is 0 Å². The molecule has 0 radical (unpaired) electrons. The zero-order valence-electron chi connectivity index (χ0n) is 12.3. The first kappa shape index (κ1) is 15.9. The van der Waals surface area contributed by atoms with Crippen LogP contribution in [0.3, 0.4) is 0 Å². The van der Waals surface area contributed by atoms with Crippen molar-refractivity contribution in [3.8, 4) is 0 Å². The van der Waals surface area contributed by atoms with E-state index in [2.05, 4.69) is 26.1 Å². The van der Waals surface area contributed by atoms with Crippen LogP contribution in [0.4, 0.5) is 5.69 Å². The number of halogens is 2. The first-order valence-corrected chi connectivity index (χ1v) is 7.85. The summed E-state index contributed by atoms with van der Waals surface area (Å²) in [6.07, 6.45) is 2.81. The van der Waals surface area contributed by atoms with E-state index in [4.69, 9.17) is 23.2 Å². The maximum Gasteiger partial charge on any atom is 0.0826 e. The molecule has 1 aliphatic carbocycles. The van der Waals surface area contributed by atoms with Crippen LogP contribution in [0.2, 0.25) is 10.0 Å². The van der Waals surface area contributed by atoms with Crippen molar-refractivity contribution >= 4 is 28.9 Å². The minimum absolute atomic E-state index is 0.181. The Balaban J connectivity index is 2.05. The maximum atomic E-state index is 10.8. The van der Waals surface area contributed by atoms with E-state index >= 15 is 0 Å². The van der Waals surface area contributed by atoms with Crippen molar-refractivity contribution < 1.29 is 5.11 Å². The predicted octanol–water partition coefficient (Wildman–Crippen LogP) is 4.98. The van der Waals surface area contributed by atoms with Gasteiger partial charge in [0.15, 0.2) is 0 Å². The lowest BCUT2D eigenvalue weighted by Gasteiger charge is -2.44. The summed E-state index contributed by atoms with van der Waals surface area (Å²) in [5, 5.41) is 15.3. The number of aliphatic hydroxyl groups is 1. The molecule has 2 nitrogen and oxygen atoms in total. The quantitative estimate of drug-likeness (QED) is 0.824. The number of anilines is 1. The van der Waals surface area contributed by atoms with E-state index in [0.29, 0.717) is 22.5 Å². The Bertz CT molecular complexity index is 469. The third-order valence-corrected chi connectivity index (χ3v) is 4.36. The number of hydrogen-bond acceptors (Lipinski definition) is 2. The lowest BCUT2D eigenvalue weighted by atomic mass is 9.66. The van der Waals surface area contributed by atoms with Crippen LogP contribution in [0.15, 0.2) is 18.2 Å². The van der Waals surface area contributed by atoms with Crippen LogP contribution in [0.25, 0.3) is 0 Å². The van der Waals surface area contributed by atoms with Crippen molar-refractivity contribution in [1.82, 2.24) is 0 Å². The molecule has 0 aromatic heterocycles. The van der Waals surface area contributed by atoms with Crippen molar-refractivity contribution in [2.75, 3.05) is 11.9 Å². The molecular formula is C16H23Cl2NO. The molecule has 2 rings (SSSR count). The van der Waals surface area contributed by atoms with Crippen LogP contribution >= 0.6 is 23.2 Å². The van der Waals surface area contributed by atoms with Crippen LogP contribution in [-0.4, -0.2) is 17.3 Å². The van der Waals surface area contributed by atoms with E-state index in [1.807, 2.05) is 12.1 Å². The SMILES string of the molecule is CC1CC(C)(C)CC(O)(CNc2cc(Cl)cc(Cl)c2)C1. The second-order valence-corrected chi connectivity index (χ2v) is 7.96. The van der Waals surface area contributed by atoms with Gasteiger partial charge in [-0.1, -0.05) is 44.0 Å². The molecule has 2 unspecified atom stereocenters. The highest BCUT2D eigenvalue weighted by atomic mass is 35.5. The third-order valence-electron chi connectivity index (χ3n) is 3.92. The molecule has 1 aliphatic rings. The molecule has 0 heterocycles. The molecular weight excluding hydrogens is 293 g/mol. The summed E-state index contributed by atoms with van der Waals surface area (Å²) in [4.78, 5) is 0. The minimum atomic E-state index is -0.671. The molecule has 4 heteroatoms. The highest BCUT2D eigenvalue weighted by molar-refractivity contribution is 6.35. The Labute approximate surface area is 131 Å². The van der Waals surface area contributed by atoms with E-state index in [1.165, 1.54) is 0 Å². The number of nitrogens with one attached hydrogen (secondary N) is 1. The van der Waals surface area contributed by atoms with Gasteiger partial charge in [0.2, 0.25) is 0 Å². The highest BCUT2D eigenvalue weighted by Crippen LogP contribution is 2.43. The van der Waals surface area contributed by atoms with Gasteiger partial charge in [0, 0.05) is 22.3 Å². The molecule has 20 heavy (non-hydrogen) atoms. The monoisotopic (exact) mass is 315 g/mol. The van der Waals surface area contributed by atoms with Gasteiger partial charge in [-0.2, -0.15) is 0 Å². The fraction of sp³-hybridized carbons (Fsp3) is 0.625. The number of rotatable bonds is 3. The summed E-state index contributed by atoms with van der Waals surface area (Å²) in [6.45, 7) is 7.19. The summed E-state index contributed by atoms with van der Waals surface area (Å²) in [7, 11) is 0. The van der Waals surface area contributed by atoms with E-state index in [0.717, 1.165) is 24.9 Å². The van der Waals surface area contributed by atoms with Gasteiger partial charge in [0.25, 0.3) is 0 Å². The largest absolute Gasteiger partial charge is 0.388 e. The lowest BCUT2D eigenvalue weighted by Crippen LogP contribution is -2.46. The van der Waals surface area contributed by atoms with Crippen LogP contribution in [0, 0.1) is 11.3 Å². The van der Waals surface area contributed by atoms with E-state index in [1.54, 1.807) is 6.07 Å². The van der Waals surface area contributed by atoms with Crippen LogP contribution in [-0.2, 0) is 0 Å². The lowest BCUT2D eigenvalue weighted by molar-refractivity contribution is -0.0477. The Morgan fingerprint density at radius 3 is 2.35 bits per heavy atom. The van der Waals surface area contributed by atoms with E-state index in [-0.39, 0.29) is 5.41 Å². The summed E-state index contributed by atoms with van der Waals surface area (Å²) >= 11 is 12.0. The van der Waals surface area contributed by atoms with E-state index < -0.39 is 5.60 Å². The summed E-state index contributed by atoms with van der Waals surface area (Å²) in [5.41, 5.74) is 0.364. The van der Waals surface area contributed by atoms with E-state index in [9.17, 15) is 5.11 Å². The molecule has 1 aromatic rings. The molecule has 2 atom stereocenters. The van der Waals surface area contributed by atoms with Crippen LogP contribution < -0.4 is 5.32 Å². The molecule has 0 spiro atoms. The van der Waals surface area contributed by atoms with Gasteiger partial charge >= 0.3 is 0 Å². The summed E-state index contributed by atoms with van der Waals surface area (Å²) in [6, 6.07) is 5.36. The van der Waals surface area contributed by atoms with Crippen molar-refractivity contribution in [2.45, 2.75) is 45.6 Å². The second-order valence-electron chi connectivity index (χ2n) is 7.09. The molecule has 112 valence electrons. The summed E-state index contributed by atoms with van der Waals surface area (Å²) in [5.74, 6) is 0.536. The third kappa shape index (κ3) is 4.28. The Morgan fingerprint density at radius 1 is 1.20 bits per heavy atom. The maximum absolute atomic E-state index is 10.8. The zero-order chi connectivity index (χ0) is 15.0. The standard InChI is InChI=1S/C16H23Cl2NO/c1-11-7-15(2,3)9-16(20,8-11)10-19-14-5-12(17)4-13(18)6-14/h4-6,11,19-20H,7-10H2,1-3H3. The van der Waals surface area contributed by atoms with Crippen LogP contribution in [0.5, 0.6) is 0 Å². The highest BCUT2D eigenvalue weighted by Gasteiger charge is 2.41. The Hall–Kier alpha value is -0.440. The Morgan fingerprint density at radius 2 is 1.80 bits per heavy atom. The Kier molecular flexibility index (Phi) is 4.58. The van der Waals surface area contributed by atoms with Gasteiger partial charge in [0.05, 0.1) is 5.60 Å². The average molecular weight is 316 g/mol. The van der Waals surface area contributed by atoms with Gasteiger partial charge in [-0.15, -0.1) is 0 Å². The molecule has 0 aliphatic heterocycles. The van der Waals surface area contributed by atoms with Gasteiger partial charge < -0.3 is 10.4 Å². The van der Waals surface area contributed by atoms with Crippen LogP contribution in [0.1, 0.15) is 40.0 Å². The summed E-state index contributed by atoms with van der Waals surface area (Å²) < 4.78 is 0. The predicted molar refractivity (Wildman–Crippen MR) is 86.7 cm³/mol. The average Bonchev–Trinajstić information content (AvgIpc) is 2.21. The number of benzene rings is 1. The topological polar surface area (TPSA) is 32.3 Å². The van der Waals surface area contributed by atoms with Crippen molar-refractivity contribution in [3.05, 3.63) is 28.2 Å². The number of hydrogen-bond donors (Lipinski definition) is 2. The molecule has 1 saturated carbocycles. The fourth-order valence-corrected chi connectivity index (χ4v) is 4.28. The molecule has 1 aromatic carbocycles. The van der Waals surface area contributed by atoms with Gasteiger partial charge in [-0.3, -0.25) is 0 Å². The first-order chi connectivity index (χ1) is 9.17. The van der Waals surface area contributed by atoms with Gasteiger partial charge in [-0.05, 0) is 48.8 Å². The zero-order valence-corrected chi connectivity index (χ0v) is 13.9. The molecule has 0 saturated heterocycles. The second kappa shape index (κ2) is 5.75. The minimum Gasteiger partial charge on any atom is -0.388 e.